The van der Waals surface area contributed by atoms with Crippen LogP contribution in [0.2, 0.25) is 0 Å². The maximum Gasteiger partial charge on any atom is 0.303 e. The molecule has 0 unspecified atom stereocenters. The van der Waals surface area contributed by atoms with Crippen molar-refractivity contribution in [2.24, 2.45) is 0 Å². The molecule has 0 fully saturated rings. The van der Waals surface area contributed by atoms with Crippen LogP contribution in [0, 0.1) is 0 Å². The number of aliphatic carboxylic acids is 2. The van der Waals surface area contributed by atoms with E-state index in [1.54, 1.807) is 13.0 Å². The molecule has 4 heteroatoms. The summed E-state index contributed by atoms with van der Waals surface area (Å²) >= 11 is 0. The molecule has 0 radical (unpaired) electrons. The van der Waals surface area contributed by atoms with Crippen molar-refractivity contribution in [1.29, 1.82) is 0 Å². The lowest BCUT2D eigenvalue weighted by molar-refractivity contribution is -0.137. The summed E-state index contributed by atoms with van der Waals surface area (Å²) in [6.45, 7) is 4.97. The van der Waals surface area contributed by atoms with Crippen LogP contribution in [0.4, 0.5) is 0 Å². The molecule has 0 saturated heterocycles. The summed E-state index contributed by atoms with van der Waals surface area (Å²) in [7, 11) is 0. The monoisotopic (exact) mass is 174 g/mol. The van der Waals surface area contributed by atoms with E-state index in [1.165, 1.54) is 0 Å². The van der Waals surface area contributed by atoms with E-state index in [4.69, 9.17) is 10.2 Å². The molecule has 0 saturated carbocycles. The second kappa shape index (κ2) is 9.68. The third-order valence-corrected chi connectivity index (χ3v) is 0.865. The fourth-order valence-electron chi connectivity index (χ4n) is 0.226. The highest BCUT2D eigenvalue weighted by atomic mass is 16.4. The van der Waals surface area contributed by atoms with Crippen molar-refractivity contribution < 1.29 is 19.8 Å². The first-order valence-corrected chi connectivity index (χ1v) is 3.59. The van der Waals surface area contributed by atoms with Crippen molar-refractivity contribution in [2.75, 3.05) is 0 Å². The number of carboxylic acid groups (broad SMARTS) is 2. The van der Waals surface area contributed by atoms with Gasteiger partial charge in [-0.15, -0.1) is 6.58 Å². The SMILES string of the molecule is C=CCCC(=O)O.CCC(=O)O. The van der Waals surface area contributed by atoms with Crippen molar-refractivity contribution >= 4 is 11.9 Å². The van der Waals surface area contributed by atoms with Gasteiger partial charge in [-0.3, -0.25) is 9.59 Å². The number of hydrogen-bond acceptors (Lipinski definition) is 2. The van der Waals surface area contributed by atoms with E-state index < -0.39 is 11.9 Å². The number of hydrogen-bond donors (Lipinski definition) is 2. The van der Waals surface area contributed by atoms with Gasteiger partial charge >= 0.3 is 11.9 Å². The number of rotatable bonds is 4. The average molecular weight is 174 g/mol. The van der Waals surface area contributed by atoms with Gasteiger partial charge in [0.25, 0.3) is 0 Å². The Morgan fingerprint density at radius 1 is 1.33 bits per heavy atom. The predicted molar refractivity (Wildman–Crippen MR) is 45.0 cm³/mol. The molecule has 0 atom stereocenters. The Labute approximate surface area is 71.5 Å². The van der Waals surface area contributed by atoms with Gasteiger partial charge in [0, 0.05) is 12.8 Å². The van der Waals surface area contributed by atoms with Crippen molar-refractivity contribution in [3.8, 4) is 0 Å². The molecule has 0 aliphatic heterocycles. The second-order valence-corrected chi connectivity index (χ2v) is 1.97. The largest absolute Gasteiger partial charge is 0.481 e. The molecule has 0 aromatic rings. The molecule has 0 heterocycles. The van der Waals surface area contributed by atoms with Crippen LogP contribution < -0.4 is 0 Å². The van der Waals surface area contributed by atoms with Gasteiger partial charge in [0.2, 0.25) is 0 Å². The summed E-state index contributed by atoms with van der Waals surface area (Å²) in [6.07, 6.45) is 2.58. The molecule has 70 valence electrons. The van der Waals surface area contributed by atoms with E-state index >= 15 is 0 Å². The molecular formula is C8H14O4. The molecular weight excluding hydrogens is 160 g/mol. The van der Waals surface area contributed by atoms with Gasteiger partial charge in [0.1, 0.15) is 0 Å². The summed E-state index contributed by atoms with van der Waals surface area (Å²) < 4.78 is 0. The summed E-state index contributed by atoms with van der Waals surface area (Å²) in [4.78, 5) is 19.1. The maximum atomic E-state index is 9.71. The van der Waals surface area contributed by atoms with E-state index in [-0.39, 0.29) is 12.8 Å². The molecule has 0 bridgehead atoms. The minimum Gasteiger partial charge on any atom is -0.481 e. The molecule has 0 aromatic carbocycles. The third kappa shape index (κ3) is 23.4. The quantitative estimate of drug-likeness (QED) is 0.633. The maximum absolute atomic E-state index is 9.71. The van der Waals surface area contributed by atoms with E-state index in [2.05, 4.69) is 6.58 Å². The minimum absolute atomic E-state index is 0.198. The zero-order valence-electron chi connectivity index (χ0n) is 7.12. The molecule has 4 nitrogen and oxygen atoms in total. The van der Waals surface area contributed by atoms with Crippen molar-refractivity contribution in [3.63, 3.8) is 0 Å². The average Bonchev–Trinajstić information content (AvgIpc) is 2.02. The Morgan fingerprint density at radius 3 is 1.83 bits per heavy atom. The zero-order valence-corrected chi connectivity index (χ0v) is 7.12. The van der Waals surface area contributed by atoms with Gasteiger partial charge in [-0.1, -0.05) is 13.0 Å². The van der Waals surface area contributed by atoms with Crippen molar-refractivity contribution in [1.82, 2.24) is 0 Å². The van der Waals surface area contributed by atoms with Crippen LogP contribution in [0.5, 0.6) is 0 Å². The zero-order chi connectivity index (χ0) is 9.98. The molecule has 0 rings (SSSR count). The first-order chi connectivity index (χ1) is 5.54. The Hall–Kier alpha value is -1.32. The summed E-state index contributed by atoms with van der Waals surface area (Å²) in [5, 5.41) is 15.7. The van der Waals surface area contributed by atoms with Crippen molar-refractivity contribution in [3.05, 3.63) is 12.7 Å². The fourth-order valence-corrected chi connectivity index (χ4v) is 0.226. The van der Waals surface area contributed by atoms with Crippen LogP contribution in [-0.4, -0.2) is 22.2 Å². The molecule has 12 heavy (non-hydrogen) atoms. The number of allylic oxidation sites excluding steroid dienone is 1. The van der Waals surface area contributed by atoms with Gasteiger partial charge in [0.05, 0.1) is 0 Å². The Balaban J connectivity index is 0. The predicted octanol–water partition coefficient (Wildman–Crippen LogP) is 1.52. The topological polar surface area (TPSA) is 74.6 Å². The smallest absolute Gasteiger partial charge is 0.303 e. The van der Waals surface area contributed by atoms with Gasteiger partial charge in [-0.25, -0.2) is 0 Å². The minimum atomic E-state index is -0.764. The van der Waals surface area contributed by atoms with Crippen molar-refractivity contribution in [2.45, 2.75) is 26.2 Å². The van der Waals surface area contributed by atoms with Crippen LogP contribution >= 0.6 is 0 Å². The van der Waals surface area contributed by atoms with Crippen LogP contribution in [-0.2, 0) is 9.59 Å². The number of carboxylic acids is 2. The normalized spacial score (nSPS) is 7.75. The van der Waals surface area contributed by atoms with E-state index in [0.29, 0.717) is 6.42 Å². The van der Waals surface area contributed by atoms with Gasteiger partial charge in [-0.2, -0.15) is 0 Å². The highest BCUT2D eigenvalue weighted by molar-refractivity contribution is 5.66. The first-order valence-electron chi connectivity index (χ1n) is 3.59. The lowest BCUT2D eigenvalue weighted by Gasteiger charge is -1.82. The van der Waals surface area contributed by atoms with Crippen LogP contribution in [0.1, 0.15) is 26.2 Å². The first kappa shape index (κ1) is 13.3. The Morgan fingerprint density at radius 2 is 1.75 bits per heavy atom. The lowest BCUT2D eigenvalue weighted by atomic mass is 10.3. The highest BCUT2D eigenvalue weighted by Gasteiger charge is 1.89. The highest BCUT2D eigenvalue weighted by Crippen LogP contribution is 1.86. The van der Waals surface area contributed by atoms with E-state index in [0.717, 1.165) is 0 Å². The van der Waals surface area contributed by atoms with E-state index in [1.807, 2.05) is 0 Å². The molecule has 0 aromatic heterocycles. The van der Waals surface area contributed by atoms with Gasteiger partial charge < -0.3 is 10.2 Å². The van der Waals surface area contributed by atoms with Gasteiger partial charge in [0.15, 0.2) is 0 Å². The van der Waals surface area contributed by atoms with Crippen LogP contribution in [0.15, 0.2) is 12.7 Å². The third-order valence-electron chi connectivity index (χ3n) is 0.865. The standard InChI is InChI=1S/C5H8O2.C3H6O2/c1-2-3-4-5(6)7;1-2-3(4)5/h2H,1,3-4H2,(H,6,7);2H2,1H3,(H,4,5). The second-order valence-electron chi connectivity index (χ2n) is 1.97. The van der Waals surface area contributed by atoms with Crippen LogP contribution in [0.3, 0.4) is 0 Å². The number of carbonyl (C=O) groups is 2. The van der Waals surface area contributed by atoms with Crippen LogP contribution in [0.25, 0.3) is 0 Å². The lowest BCUT2D eigenvalue weighted by Crippen LogP contribution is -1.90. The van der Waals surface area contributed by atoms with E-state index in [9.17, 15) is 9.59 Å². The molecule has 2 N–H and O–H groups in total. The summed E-state index contributed by atoms with van der Waals surface area (Å²) in [5.41, 5.74) is 0. The molecule has 0 spiro atoms. The Bertz CT molecular complexity index is 151. The molecule has 0 aliphatic carbocycles. The molecule has 0 amide bonds. The Kier molecular flexibility index (Phi) is 10.7. The summed E-state index contributed by atoms with van der Waals surface area (Å²) in [5.74, 6) is -1.51. The summed E-state index contributed by atoms with van der Waals surface area (Å²) in [6, 6.07) is 0. The molecule has 0 aliphatic rings. The van der Waals surface area contributed by atoms with Gasteiger partial charge in [-0.05, 0) is 6.42 Å². The fraction of sp³-hybridized carbons (Fsp3) is 0.500.